The molecule has 0 aromatic rings. The summed E-state index contributed by atoms with van der Waals surface area (Å²) in [6.45, 7) is 6.17. The van der Waals surface area contributed by atoms with Crippen LogP contribution in [0.5, 0.6) is 0 Å². The highest BCUT2D eigenvalue weighted by Crippen LogP contribution is 2.06. The molecule has 2 atom stereocenters. The SMILES string of the molecule is COC(=O)C(CC(C)C)NC[C@H](C)O. The van der Waals surface area contributed by atoms with E-state index in [-0.39, 0.29) is 12.0 Å². The number of aliphatic hydroxyl groups is 1. The summed E-state index contributed by atoms with van der Waals surface area (Å²) in [5, 5.41) is 12.1. The molecule has 14 heavy (non-hydrogen) atoms. The van der Waals surface area contributed by atoms with Crippen molar-refractivity contribution in [1.82, 2.24) is 5.32 Å². The molecule has 2 N–H and O–H groups in total. The molecule has 0 aliphatic heterocycles. The molecule has 4 nitrogen and oxygen atoms in total. The molecule has 0 aromatic carbocycles. The lowest BCUT2D eigenvalue weighted by Crippen LogP contribution is -2.41. The molecule has 1 unspecified atom stereocenters. The van der Waals surface area contributed by atoms with E-state index < -0.39 is 6.10 Å². The number of nitrogens with one attached hydrogen (secondary N) is 1. The number of aliphatic hydroxyl groups excluding tert-OH is 1. The predicted octanol–water partition coefficient (Wildman–Crippen LogP) is 0.544. The summed E-state index contributed by atoms with van der Waals surface area (Å²) in [6, 6.07) is -0.311. The number of hydrogen-bond acceptors (Lipinski definition) is 4. The number of ether oxygens (including phenoxy) is 1. The van der Waals surface area contributed by atoms with Crippen LogP contribution in [-0.4, -0.2) is 36.9 Å². The van der Waals surface area contributed by atoms with Gasteiger partial charge in [-0.2, -0.15) is 0 Å². The van der Waals surface area contributed by atoms with Crippen LogP contribution < -0.4 is 5.32 Å². The second-order valence-corrected chi connectivity index (χ2v) is 3.96. The van der Waals surface area contributed by atoms with Gasteiger partial charge in [-0.25, -0.2) is 0 Å². The minimum Gasteiger partial charge on any atom is -0.468 e. The highest BCUT2D eigenvalue weighted by Gasteiger charge is 2.19. The van der Waals surface area contributed by atoms with Gasteiger partial charge in [0.2, 0.25) is 0 Å². The summed E-state index contributed by atoms with van der Waals surface area (Å²) in [7, 11) is 1.37. The minimum absolute atomic E-state index is 0.264. The first-order chi connectivity index (χ1) is 6.47. The normalized spacial score (nSPS) is 15.3. The molecule has 0 spiro atoms. The van der Waals surface area contributed by atoms with Gasteiger partial charge in [-0.1, -0.05) is 13.8 Å². The molecule has 0 aliphatic rings. The molecule has 4 heteroatoms. The number of carbonyl (C=O) groups is 1. The fourth-order valence-electron chi connectivity index (χ4n) is 1.19. The van der Waals surface area contributed by atoms with Crippen molar-refractivity contribution >= 4 is 5.97 Å². The van der Waals surface area contributed by atoms with E-state index >= 15 is 0 Å². The lowest BCUT2D eigenvalue weighted by molar-refractivity contribution is -0.143. The number of hydrogen-bond donors (Lipinski definition) is 2. The zero-order valence-corrected chi connectivity index (χ0v) is 9.41. The lowest BCUT2D eigenvalue weighted by atomic mass is 10.0. The van der Waals surface area contributed by atoms with Crippen LogP contribution in [-0.2, 0) is 9.53 Å². The first kappa shape index (κ1) is 13.4. The second kappa shape index (κ2) is 6.79. The van der Waals surface area contributed by atoms with Gasteiger partial charge in [0.05, 0.1) is 13.2 Å². The zero-order chi connectivity index (χ0) is 11.1. The highest BCUT2D eigenvalue weighted by molar-refractivity contribution is 5.75. The summed E-state index contributed by atoms with van der Waals surface area (Å²) >= 11 is 0. The number of esters is 1. The van der Waals surface area contributed by atoms with Gasteiger partial charge < -0.3 is 15.2 Å². The molecule has 0 saturated heterocycles. The van der Waals surface area contributed by atoms with E-state index in [9.17, 15) is 4.79 Å². The Balaban J connectivity index is 4.04. The van der Waals surface area contributed by atoms with Gasteiger partial charge in [0.15, 0.2) is 0 Å². The molecule has 0 saturated carbocycles. The third-order valence-corrected chi connectivity index (χ3v) is 1.85. The Bertz CT molecular complexity index is 169. The summed E-state index contributed by atoms with van der Waals surface area (Å²) < 4.78 is 4.66. The van der Waals surface area contributed by atoms with Crippen LogP contribution in [0, 0.1) is 5.92 Å². The molecular formula is C10H21NO3. The molecule has 0 heterocycles. The van der Waals surface area contributed by atoms with Gasteiger partial charge in [-0.05, 0) is 19.3 Å². The van der Waals surface area contributed by atoms with Gasteiger partial charge >= 0.3 is 5.97 Å². The van der Waals surface area contributed by atoms with Crippen LogP contribution in [0.2, 0.25) is 0 Å². The van der Waals surface area contributed by atoms with Gasteiger partial charge in [-0.15, -0.1) is 0 Å². The molecule has 0 fully saturated rings. The third-order valence-electron chi connectivity index (χ3n) is 1.85. The summed E-state index contributed by atoms with van der Waals surface area (Å²) in [5.74, 6) is 0.153. The molecule has 0 bridgehead atoms. The molecule has 84 valence electrons. The summed E-state index contributed by atoms with van der Waals surface area (Å²) in [4.78, 5) is 11.3. The Hall–Kier alpha value is -0.610. The Morgan fingerprint density at radius 1 is 1.43 bits per heavy atom. The fraction of sp³-hybridized carbons (Fsp3) is 0.900. The standard InChI is InChI=1S/C10H21NO3/c1-7(2)5-9(10(13)14-4)11-6-8(3)12/h7-9,11-12H,5-6H2,1-4H3/t8-,9?/m0/s1. The highest BCUT2D eigenvalue weighted by atomic mass is 16.5. The van der Waals surface area contributed by atoms with Crippen LogP contribution >= 0.6 is 0 Å². The minimum atomic E-state index is -0.450. The summed E-state index contributed by atoms with van der Waals surface area (Å²) in [5.41, 5.74) is 0. The lowest BCUT2D eigenvalue weighted by Gasteiger charge is -2.18. The Morgan fingerprint density at radius 3 is 2.36 bits per heavy atom. The summed E-state index contributed by atoms with van der Waals surface area (Å²) in [6.07, 6.45) is 0.272. The second-order valence-electron chi connectivity index (χ2n) is 3.96. The van der Waals surface area contributed by atoms with Crippen LogP contribution in [0.3, 0.4) is 0 Å². The van der Waals surface area contributed by atoms with Crippen molar-refractivity contribution in [2.24, 2.45) is 5.92 Å². The van der Waals surface area contributed by atoms with Crippen LogP contribution in [0.25, 0.3) is 0 Å². The molecule has 0 aliphatic carbocycles. The van der Waals surface area contributed by atoms with E-state index in [2.05, 4.69) is 10.1 Å². The van der Waals surface area contributed by atoms with Gasteiger partial charge in [0.1, 0.15) is 6.04 Å². The van der Waals surface area contributed by atoms with Crippen molar-refractivity contribution < 1.29 is 14.6 Å². The zero-order valence-electron chi connectivity index (χ0n) is 9.41. The largest absolute Gasteiger partial charge is 0.468 e. The van der Waals surface area contributed by atoms with Crippen LogP contribution in [0.15, 0.2) is 0 Å². The van der Waals surface area contributed by atoms with Crippen molar-refractivity contribution in [3.63, 3.8) is 0 Å². The van der Waals surface area contributed by atoms with E-state index in [4.69, 9.17) is 5.11 Å². The maximum Gasteiger partial charge on any atom is 0.322 e. The first-order valence-corrected chi connectivity index (χ1v) is 4.96. The van der Waals surface area contributed by atoms with Gasteiger partial charge in [0.25, 0.3) is 0 Å². The van der Waals surface area contributed by atoms with Gasteiger partial charge in [-0.3, -0.25) is 4.79 Å². The van der Waals surface area contributed by atoms with Crippen molar-refractivity contribution in [1.29, 1.82) is 0 Å². The molecule has 0 rings (SSSR count). The fourth-order valence-corrected chi connectivity index (χ4v) is 1.19. The first-order valence-electron chi connectivity index (χ1n) is 4.96. The van der Waals surface area contributed by atoms with Crippen molar-refractivity contribution in [2.45, 2.75) is 39.3 Å². The van der Waals surface area contributed by atoms with Crippen molar-refractivity contribution in [2.75, 3.05) is 13.7 Å². The maximum atomic E-state index is 11.3. The van der Waals surface area contributed by atoms with E-state index in [1.165, 1.54) is 7.11 Å². The average Bonchev–Trinajstić information content (AvgIpc) is 2.10. The van der Waals surface area contributed by atoms with Crippen LogP contribution in [0.4, 0.5) is 0 Å². The topological polar surface area (TPSA) is 58.6 Å². The van der Waals surface area contributed by atoms with E-state index in [1.54, 1.807) is 6.92 Å². The van der Waals surface area contributed by atoms with Crippen LogP contribution in [0.1, 0.15) is 27.2 Å². The number of methoxy groups -OCH3 is 1. The van der Waals surface area contributed by atoms with Crippen molar-refractivity contribution in [3.05, 3.63) is 0 Å². The molecular weight excluding hydrogens is 182 g/mol. The van der Waals surface area contributed by atoms with E-state index in [1.807, 2.05) is 13.8 Å². The van der Waals surface area contributed by atoms with Crippen molar-refractivity contribution in [3.8, 4) is 0 Å². The smallest absolute Gasteiger partial charge is 0.322 e. The monoisotopic (exact) mass is 203 g/mol. The number of rotatable bonds is 6. The van der Waals surface area contributed by atoms with Gasteiger partial charge in [0, 0.05) is 6.54 Å². The predicted molar refractivity (Wildman–Crippen MR) is 54.9 cm³/mol. The third kappa shape index (κ3) is 5.94. The molecule has 0 radical (unpaired) electrons. The maximum absolute atomic E-state index is 11.3. The van der Waals surface area contributed by atoms with E-state index in [0.29, 0.717) is 12.5 Å². The molecule has 0 amide bonds. The Kier molecular flexibility index (Phi) is 6.49. The molecule has 0 aromatic heterocycles. The Labute approximate surface area is 85.6 Å². The average molecular weight is 203 g/mol. The number of carbonyl (C=O) groups excluding carboxylic acids is 1. The quantitative estimate of drug-likeness (QED) is 0.619. The van der Waals surface area contributed by atoms with E-state index in [0.717, 1.165) is 6.42 Å². The Morgan fingerprint density at radius 2 is 2.00 bits per heavy atom.